The van der Waals surface area contributed by atoms with E-state index in [-0.39, 0.29) is 54.1 Å². The lowest BCUT2D eigenvalue weighted by Crippen LogP contribution is -2.23. The summed E-state index contributed by atoms with van der Waals surface area (Å²) in [6.45, 7) is 70.0. The van der Waals surface area contributed by atoms with Gasteiger partial charge in [0.1, 0.15) is 0 Å². The van der Waals surface area contributed by atoms with Crippen LogP contribution < -0.4 is 0 Å². The van der Waals surface area contributed by atoms with Crippen LogP contribution in [0.4, 0.5) is 0 Å². The summed E-state index contributed by atoms with van der Waals surface area (Å²) in [5.41, 5.74) is 31.1. The Kier molecular flexibility index (Phi) is 24.9. The molecule has 0 aliphatic carbocycles. The Labute approximate surface area is 783 Å². The third-order valence-electron chi connectivity index (χ3n) is 25.6. The number of thiophene rings is 4. The fourth-order valence-electron chi connectivity index (χ4n) is 19.3. The van der Waals surface area contributed by atoms with Crippen LogP contribution in [-0.2, 0) is 54.1 Å². The maximum atomic E-state index is 2.43. The smallest absolute Gasteiger partial charge is 0.0433 e. The number of hydrogen-bond acceptors (Lipinski definition) is 4. The van der Waals surface area contributed by atoms with Crippen molar-refractivity contribution < 1.29 is 0 Å². The van der Waals surface area contributed by atoms with Crippen LogP contribution in [-0.4, -0.2) is 0 Å². The van der Waals surface area contributed by atoms with Crippen molar-refractivity contribution in [2.45, 2.75) is 262 Å². The summed E-state index contributed by atoms with van der Waals surface area (Å²) in [4.78, 5) is 0. The summed E-state index contributed by atoms with van der Waals surface area (Å²) in [6.07, 6.45) is 0. The van der Waals surface area contributed by atoms with Gasteiger partial charge < -0.3 is 0 Å². The van der Waals surface area contributed by atoms with Gasteiger partial charge in [0.2, 0.25) is 0 Å². The van der Waals surface area contributed by atoms with Gasteiger partial charge in [-0.25, -0.2) is 0 Å². The van der Waals surface area contributed by atoms with E-state index in [2.05, 4.69) is 487 Å². The molecule has 4 aromatic heterocycles. The van der Waals surface area contributed by atoms with Gasteiger partial charge in [0.25, 0.3) is 0 Å². The molecule has 0 spiro atoms. The summed E-state index contributed by atoms with van der Waals surface area (Å²) in [7, 11) is 0. The first kappa shape index (κ1) is 92.7. The first-order valence-electron chi connectivity index (χ1n) is 46.4. The molecule has 0 bridgehead atoms. The quantitative estimate of drug-likeness (QED) is 0.156. The number of fused-ring (bicyclic) bond motifs is 12. The zero-order valence-electron chi connectivity index (χ0n) is 82.2. The zero-order valence-corrected chi connectivity index (χ0v) is 85.5. The lowest BCUT2D eigenvalue weighted by Gasteiger charge is -2.32. The lowest BCUT2D eigenvalue weighted by atomic mass is 9.72. The van der Waals surface area contributed by atoms with Crippen molar-refractivity contribution in [3.8, 4) is 66.8 Å². The van der Waals surface area contributed by atoms with Crippen molar-refractivity contribution in [3.63, 3.8) is 0 Å². The molecule has 0 atom stereocenters. The number of hydrogen-bond donors (Lipinski definition) is 0. The Balaban J connectivity index is 0.000000133. The molecule has 4 heteroatoms. The fraction of sp³-hybridized carbons (Fsp3) is 0.323. The molecule has 0 fully saturated rings. The van der Waals surface area contributed by atoms with Gasteiger partial charge in [-0.05, 0) is 213 Å². The van der Waals surface area contributed by atoms with Crippen LogP contribution in [0.15, 0.2) is 279 Å². The molecular formula is C124H136S4. The van der Waals surface area contributed by atoms with Gasteiger partial charge in [0.15, 0.2) is 0 Å². The molecule has 18 rings (SSSR count). The Morgan fingerprint density at radius 1 is 0.156 bits per heavy atom. The first-order chi connectivity index (χ1) is 59.8. The van der Waals surface area contributed by atoms with Crippen LogP contribution in [0.3, 0.4) is 0 Å². The average Bonchev–Trinajstić information content (AvgIpc) is 1.53. The lowest BCUT2D eigenvalue weighted by molar-refractivity contribution is 0.531. The Morgan fingerprint density at radius 2 is 0.383 bits per heavy atom. The second-order valence-corrected chi connectivity index (χ2v) is 50.4. The largest absolute Gasteiger partial charge is 0.135 e. The molecule has 0 N–H and O–H groups in total. The minimum Gasteiger partial charge on any atom is -0.135 e. The molecule has 0 amide bonds. The van der Waals surface area contributed by atoms with E-state index in [4.69, 9.17) is 0 Å². The predicted octanol–water partition coefficient (Wildman–Crippen LogP) is 39.2. The summed E-state index contributed by atoms with van der Waals surface area (Å²) < 4.78 is 10.9. The first-order valence-corrected chi connectivity index (χ1v) is 49.6. The molecule has 0 aliphatic rings. The second-order valence-electron chi connectivity index (χ2n) is 46.1. The van der Waals surface area contributed by atoms with Gasteiger partial charge in [-0.15, -0.1) is 45.3 Å². The number of rotatable bonds is 6. The van der Waals surface area contributed by atoms with E-state index in [1.54, 1.807) is 0 Å². The van der Waals surface area contributed by atoms with E-state index in [1.807, 2.05) is 45.3 Å². The average molecular weight is 1750 g/mol. The predicted molar refractivity (Wildman–Crippen MR) is 577 cm³/mol. The van der Waals surface area contributed by atoms with Crippen molar-refractivity contribution in [2.24, 2.45) is 0 Å². The van der Waals surface area contributed by atoms with Crippen LogP contribution >= 0.6 is 45.3 Å². The van der Waals surface area contributed by atoms with E-state index in [1.165, 1.54) is 203 Å². The summed E-state index contributed by atoms with van der Waals surface area (Å²) in [6, 6.07) is 105. The summed E-state index contributed by atoms with van der Waals surface area (Å²) >= 11 is 7.62. The third kappa shape index (κ3) is 18.7. The van der Waals surface area contributed by atoms with Crippen molar-refractivity contribution in [3.05, 3.63) is 335 Å². The van der Waals surface area contributed by atoms with Crippen LogP contribution in [0.2, 0.25) is 0 Å². The van der Waals surface area contributed by atoms with Crippen molar-refractivity contribution >= 4 is 126 Å². The topological polar surface area (TPSA) is 0 Å². The van der Waals surface area contributed by atoms with Crippen molar-refractivity contribution in [1.82, 2.24) is 0 Å². The van der Waals surface area contributed by atoms with Gasteiger partial charge in [-0.2, -0.15) is 0 Å². The summed E-state index contributed by atoms with van der Waals surface area (Å²) in [5.74, 6) is 0. The molecule has 656 valence electrons. The van der Waals surface area contributed by atoms with Crippen LogP contribution in [0.1, 0.15) is 263 Å². The minimum absolute atomic E-state index is 0.0234. The van der Waals surface area contributed by atoms with Crippen LogP contribution in [0.5, 0.6) is 0 Å². The van der Waals surface area contributed by atoms with E-state index in [9.17, 15) is 0 Å². The SMILES string of the molecule is CC(C)(C)c1cc(-c2cccc(-c3cccc4c3sc3ccccc34)c2C(C)(C)C)cc(C(C)(C)C)c1.CC(C)(C)c1cc(-c2cccc(-c3cccc4sc5ccccc5c34)c2C(C)(C)C)cc(C(C)(C)C)c1.CC(C)(C)c1cccc(-c2cccc3c2sc2ccccc23)c1C(C)(C)C.CC(C)(C)c1cccc(-c2cccc3sc4ccccc4c23)c1C(C)(C)C. The highest BCUT2D eigenvalue weighted by Gasteiger charge is 2.34. The second kappa shape index (κ2) is 34.4. The van der Waals surface area contributed by atoms with Crippen molar-refractivity contribution in [1.29, 1.82) is 0 Å². The summed E-state index contributed by atoms with van der Waals surface area (Å²) in [5, 5.41) is 10.9. The van der Waals surface area contributed by atoms with Gasteiger partial charge in [0.05, 0.1) is 0 Å². The molecule has 18 aromatic rings. The zero-order chi connectivity index (χ0) is 92.3. The van der Waals surface area contributed by atoms with Gasteiger partial charge >= 0.3 is 0 Å². The third-order valence-corrected chi connectivity index (χ3v) is 30.3. The molecule has 0 saturated heterocycles. The molecule has 0 radical (unpaired) electrons. The van der Waals surface area contributed by atoms with Gasteiger partial charge in [0, 0.05) is 80.7 Å². The molecule has 14 aromatic carbocycles. The van der Waals surface area contributed by atoms with Crippen LogP contribution in [0, 0.1) is 0 Å². The highest BCUT2D eigenvalue weighted by molar-refractivity contribution is 7.27. The van der Waals surface area contributed by atoms with Crippen LogP contribution in [0.25, 0.3) is 147 Å². The molecule has 128 heavy (non-hydrogen) atoms. The fourth-order valence-corrected chi connectivity index (χ4v) is 24.0. The Bertz CT molecular complexity index is 7110. The number of benzene rings is 14. The van der Waals surface area contributed by atoms with E-state index in [0.717, 1.165) is 0 Å². The van der Waals surface area contributed by atoms with E-state index >= 15 is 0 Å². The minimum atomic E-state index is -0.0282. The maximum absolute atomic E-state index is 2.43. The molecular weight excluding hydrogens is 1620 g/mol. The highest BCUT2D eigenvalue weighted by Crippen LogP contribution is 2.53. The molecule has 0 nitrogen and oxygen atoms in total. The maximum Gasteiger partial charge on any atom is 0.0433 e. The van der Waals surface area contributed by atoms with Gasteiger partial charge in [-0.1, -0.05) is 450 Å². The normalized spacial score (nSPS) is 12.9. The van der Waals surface area contributed by atoms with E-state index < -0.39 is 0 Å². The van der Waals surface area contributed by atoms with Crippen molar-refractivity contribution in [2.75, 3.05) is 0 Å². The molecule has 0 aliphatic heterocycles. The Morgan fingerprint density at radius 3 is 0.695 bits per heavy atom. The van der Waals surface area contributed by atoms with Gasteiger partial charge in [-0.3, -0.25) is 0 Å². The molecule has 0 saturated carbocycles. The molecule has 0 unspecified atom stereocenters. The molecule has 4 heterocycles. The highest BCUT2D eigenvalue weighted by atomic mass is 32.1. The standard InChI is InChI=1S/2C36H40S.2C26H28S/c1-34(2,3)24-20-23(21-25(22-24)35(4,5)6)26-15-12-17-28(33(26)36(7,8)9)27-16-13-19-31-32(27)29-14-10-11-18-30(29)37-31;1-34(2,3)24-20-23(21-25(22-24)35(4,5)6)26-15-12-16-28(32(26)36(7,8)9)30-18-13-17-29-27-14-10-11-19-31(27)37-33(29)30;1-25(2,3)21-15-10-12-18(23(21)26(4,5)6)20-14-9-13-19-17-11-7-8-16-22(17)27-24(19)20;1-25(2,3)20-14-9-13-18(24(20)26(4,5)6)17-12-10-16-22-23(17)19-11-7-8-15-21(19)27-22/h2*10-22H,1-9H3;2*7-16H,1-6H3. The van der Waals surface area contributed by atoms with E-state index in [0.29, 0.717) is 0 Å². The Hall–Kier alpha value is -10.0. The monoisotopic (exact) mass is 1750 g/mol.